The topological polar surface area (TPSA) is 92.3 Å². The van der Waals surface area contributed by atoms with Gasteiger partial charge in [0.05, 0.1) is 10.6 Å². The molecule has 0 saturated carbocycles. The van der Waals surface area contributed by atoms with E-state index in [1.165, 1.54) is 30.3 Å². The van der Waals surface area contributed by atoms with Crippen molar-refractivity contribution in [2.75, 3.05) is 16.2 Å². The van der Waals surface area contributed by atoms with E-state index in [1.807, 2.05) is 0 Å². The lowest BCUT2D eigenvalue weighted by atomic mass is 10.2. The number of nitrogens with zero attached hydrogens (tertiary/aromatic N) is 3. The minimum Gasteiger partial charge on any atom is -0.299 e. The molecule has 0 saturated heterocycles. The molecule has 1 amide bonds. The average Bonchev–Trinajstić information content (AvgIpc) is 3.27. The predicted molar refractivity (Wildman–Crippen MR) is 126 cm³/mol. The monoisotopic (exact) mass is 502 g/mol. The Hall–Kier alpha value is -3.34. The maximum atomic E-state index is 14.5. The van der Waals surface area contributed by atoms with E-state index >= 15 is 0 Å². The number of benzene rings is 3. The highest BCUT2D eigenvalue weighted by Gasteiger charge is 2.29. The molecule has 0 aliphatic carbocycles. The molecule has 11 heteroatoms. The van der Waals surface area contributed by atoms with Gasteiger partial charge in [-0.05, 0) is 36.4 Å². The van der Waals surface area contributed by atoms with Crippen LogP contribution in [0.4, 0.5) is 15.2 Å². The first-order valence-corrected chi connectivity index (χ1v) is 12.2. The molecule has 0 spiro atoms. The first kappa shape index (κ1) is 22.8. The minimum absolute atomic E-state index is 0.0676. The summed E-state index contributed by atoms with van der Waals surface area (Å²) in [7, 11) is -4.22. The Balaban J connectivity index is 1.59. The van der Waals surface area contributed by atoms with Crippen LogP contribution in [0.2, 0.25) is 5.02 Å². The number of para-hydroxylation sites is 1. The van der Waals surface area contributed by atoms with Gasteiger partial charge in [-0.15, -0.1) is 10.2 Å². The third-order valence-electron chi connectivity index (χ3n) is 4.50. The summed E-state index contributed by atoms with van der Waals surface area (Å²) in [4.78, 5) is 12.7. The van der Waals surface area contributed by atoms with Crippen molar-refractivity contribution in [1.29, 1.82) is 0 Å². The van der Waals surface area contributed by atoms with Crippen molar-refractivity contribution in [3.05, 3.63) is 89.7 Å². The van der Waals surface area contributed by atoms with Crippen molar-refractivity contribution < 1.29 is 17.6 Å². The normalized spacial score (nSPS) is 11.2. The summed E-state index contributed by atoms with van der Waals surface area (Å²) in [6.07, 6.45) is 0. The molecule has 0 fully saturated rings. The van der Waals surface area contributed by atoms with Crippen molar-refractivity contribution in [3.63, 3.8) is 0 Å². The van der Waals surface area contributed by atoms with Gasteiger partial charge in [0, 0.05) is 10.6 Å². The van der Waals surface area contributed by atoms with E-state index in [-0.39, 0.29) is 15.7 Å². The lowest BCUT2D eigenvalue weighted by Gasteiger charge is -2.24. The third kappa shape index (κ3) is 5.19. The molecule has 4 rings (SSSR count). The van der Waals surface area contributed by atoms with Gasteiger partial charge < -0.3 is 0 Å². The molecular weight excluding hydrogens is 487 g/mol. The first-order valence-electron chi connectivity index (χ1n) is 9.56. The summed E-state index contributed by atoms with van der Waals surface area (Å²) in [6, 6.07) is 19.8. The maximum absolute atomic E-state index is 14.5. The quantitative estimate of drug-likeness (QED) is 0.390. The van der Waals surface area contributed by atoms with Gasteiger partial charge in [0.15, 0.2) is 0 Å². The fraction of sp³-hybridized carbons (Fsp3) is 0.0455. The van der Waals surface area contributed by atoms with Gasteiger partial charge in [-0.2, -0.15) is 0 Å². The van der Waals surface area contributed by atoms with E-state index < -0.39 is 28.3 Å². The Morgan fingerprint density at radius 2 is 1.64 bits per heavy atom. The zero-order chi connectivity index (χ0) is 23.4. The molecule has 33 heavy (non-hydrogen) atoms. The molecule has 3 aromatic carbocycles. The Kier molecular flexibility index (Phi) is 6.68. The Labute approximate surface area is 198 Å². The molecule has 1 N–H and O–H groups in total. The van der Waals surface area contributed by atoms with Crippen LogP contribution in [0.1, 0.15) is 0 Å². The van der Waals surface area contributed by atoms with Crippen molar-refractivity contribution in [2.24, 2.45) is 0 Å². The number of hydrogen-bond donors (Lipinski definition) is 1. The number of anilines is 2. The van der Waals surface area contributed by atoms with Crippen LogP contribution in [0.3, 0.4) is 0 Å². The van der Waals surface area contributed by atoms with Crippen LogP contribution < -0.4 is 9.62 Å². The molecule has 0 bridgehead atoms. The standard InChI is InChI=1S/C22H16ClFN4O3S2/c23-16-12-10-15(11-13-16)21-26-27-22(32-21)25-20(29)14-28(19-9-5-4-8-18(19)24)33(30,31)17-6-2-1-3-7-17/h1-13H,14H2,(H,25,27,29). The summed E-state index contributed by atoms with van der Waals surface area (Å²) in [5.41, 5.74) is 0.521. The number of rotatable bonds is 7. The maximum Gasteiger partial charge on any atom is 0.264 e. The van der Waals surface area contributed by atoms with E-state index in [0.717, 1.165) is 27.3 Å². The van der Waals surface area contributed by atoms with Gasteiger partial charge >= 0.3 is 0 Å². The predicted octanol–water partition coefficient (Wildman–Crippen LogP) is 4.83. The zero-order valence-corrected chi connectivity index (χ0v) is 19.2. The number of hydrogen-bond acceptors (Lipinski definition) is 6. The largest absolute Gasteiger partial charge is 0.299 e. The van der Waals surface area contributed by atoms with Gasteiger partial charge in [0.25, 0.3) is 10.0 Å². The number of halogens is 2. The Bertz CT molecular complexity index is 1380. The fourth-order valence-corrected chi connectivity index (χ4v) is 5.29. The van der Waals surface area contributed by atoms with E-state index in [0.29, 0.717) is 10.0 Å². The molecule has 168 valence electrons. The molecule has 0 unspecified atom stereocenters. The number of nitrogens with one attached hydrogen (secondary N) is 1. The summed E-state index contributed by atoms with van der Waals surface area (Å²) >= 11 is 7.01. The summed E-state index contributed by atoms with van der Waals surface area (Å²) in [6.45, 7) is -0.659. The van der Waals surface area contributed by atoms with Crippen molar-refractivity contribution in [3.8, 4) is 10.6 Å². The van der Waals surface area contributed by atoms with Crippen LogP contribution in [0.5, 0.6) is 0 Å². The van der Waals surface area contributed by atoms with Crippen LogP contribution in [0.25, 0.3) is 10.6 Å². The highest BCUT2D eigenvalue weighted by Crippen LogP contribution is 2.29. The number of carbonyl (C=O) groups is 1. The minimum atomic E-state index is -4.22. The van der Waals surface area contributed by atoms with Crippen LogP contribution in [-0.4, -0.2) is 31.1 Å². The van der Waals surface area contributed by atoms with Crippen molar-refractivity contribution >= 4 is 49.7 Å². The summed E-state index contributed by atoms with van der Waals surface area (Å²) in [5, 5.41) is 11.8. The second-order valence-electron chi connectivity index (χ2n) is 6.74. The highest BCUT2D eigenvalue weighted by molar-refractivity contribution is 7.92. The molecule has 1 heterocycles. The van der Waals surface area contributed by atoms with E-state index in [1.54, 1.807) is 42.5 Å². The highest BCUT2D eigenvalue weighted by atomic mass is 35.5. The van der Waals surface area contributed by atoms with Crippen LogP contribution in [0, 0.1) is 5.82 Å². The van der Waals surface area contributed by atoms with Gasteiger partial charge in [-0.3, -0.25) is 14.4 Å². The lowest BCUT2D eigenvalue weighted by molar-refractivity contribution is -0.114. The van der Waals surface area contributed by atoms with Crippen molar-refractivity contribution in [1.82, 2.24) is 10.2 Å². The zero-order valence-electron chi connectivity index (χ0n) is 16.9. The van der Waals surface area contributed by atoms with Gasteiger partial charge in [0.1, 0.15) is 17.4 Å². The SMILES string of the molecule is O=C(CN(c1ccccc1F)S(=O)(=O)c1ccccc1)Nc1nnc(-c2ccc(Cl)cc2)s1. The molecule has 1 aromatic heterocycles. The molecule has 4 aromatic rings. The van der Waals surface area contributed by atoms with Crippen LogP contribution in [-0.2, 0) is 14.8 Å². The first-order chi connectivity index (χ1) is 15.8. The van der Waals surface area contributed by atoms with E-state index in [2.05, 4.69) is 15.5 Å². The van der Waals surface area contributed by atoms with Crippen LogP contribution in [0.15, 0.2) is 83.8 Å². The number of sulfonamides is 1. The average molecular weight is 503 g/mol. The second kappa shape index (κ2) is 9.65. The molecular formula is C22H16ClFN4O3S2. The molecule has 0 atom stereocenters. The summed E-state index contributed by atoms with van der Waals surface area (Å²) < 4.78 is 41.7. The van der Waals surface area contributed by atoms with E-state index in [9.17, 15) is 17.6 Å². The van der Waals surface area contributed by atoms with Gasteiger partial charge in [0.2, 0.25) is 11.0 Å². The van der Waals surface area contributed by atoms with Crippen LogP contribution >= 0.6 is 22.9 Å². The molecule has 0 aliphatic heterocycles. The number of amides is 1. The smallest absolute Gasteiger partial charge is 0.264 e. The molecule has 7 nitrogen and oxygen atoms in total. The third-order valence-corrected chi connectivity index (χ3v) is 7.42. The van der Waals surface area contributed by atoms with E-state index in [4.69, 9.17) is 11.6 Å². The van der Waals surface area contributed by atoms with Crippen molar-refractivity contribution in [2.45, 2.75) is 4.90 Å². The number of aromatic nitrogens is 2. The Morgan fingerprint density at radius 3 is 2.33 bits per heavy atom. The van der Waals surface area contributed by atoms with Gasteiger partial charge in [-0.25, -0.2) is 12.8 Å². The lowest BCUT2D eigenvalue weighted by Crippen LogP contribution is -2.38. The second-order valence-corrected chi connectivity index (χ2v) is 10.0. The summed E-state index contributed by atoms with van der Waals surface area (Å²) in [5.74, 6) is -1.47. The molecule has 0 radical (unpaired) electrons. The fourth-order valence-electron chi connectivity index (χ4n) is 2.95. The Morgan fingerprint density at radius 1 is 0.970 bits per heavy atom. The van der Waals surface area contributed by atoms with Gasteiger partial charge in [-0.1, -0.05) is 65.4 Å². The number of carbonyl (C=O) groups excluding carboxylic acids is 1. The molecule has 0 aliphatic rings.